The van der Waals surface area contributed by atoms with Gasteiger partial charge in [0.25, 0.3) is 0 Å². The lowest BCUT2D eigenvalue weighted by molar-refractivity contribution is -0.126. The number of hydrogen-bond donors (Lipinski definition) is 2. The summed E-state index contributed by atoms with van der Waals surface area (Å²) in [5.41, 5.74) is 0.969. The number of benzene rings is 1. The molecule has 2 N–H and O–H groups in total. The normalized spacial score (nSPS) is 20.2. The van der Waals surface area contributed by atoms with Gasteiger partial charge in [0.1, 0.15) is 0 Å². The first-order chi connectivity index (χ1) is 8.68. The zero-order valence-corrected chi connectivity index (χ0v) is 12.6. The van der Waals surface area contributed by atoms with Gasteiger partial charge in [-0.25, -0.2) is 0 Å². The lowest BCUT2D eigenvalue weighted by Crippen LogP contribution is -2.41. The van der Waals surface area contributed by atoms with Crippen molar-refractivity contribution in [1.29, 1.82) is 0 Å². The zero-order chi connectivity index (χ0) is 13.0. The van der Waals surface area contributed by atoms with Crippen molar-refractivity contribution in [3.63, 3.8) is 0 Å². The van der Waals surface area contributed by atoms with Gasteiger partial charge in [0.2, 0.25) is 5.91 Å². The predicted octanol–water partition coefficient (Wildman–Crippen LogP) is 2.94. The van der Waals surface area contributed by atoms with Crippen LogP contribution in [0.5, 0.6) is 0 Å². The molecule has 1 aromatic rings. The van der Waals surface area contributed by atoms with Gasteiger partial charge in [-0.15, -0.1) is 12.4 Å². The second-order valence-corrected chi connectivity index (χ2v) is 5.20. The Hall–Kier alpha value is -0.770. The third-order valence-corrected chi connectivity index (χ3v) is 3.74. The Bertz CT molecular complexity index is 420. The smallest absolute Gasteiger partial charge is 0.224 e. The lowest BCUT2D eigenvalue weighted by Gasteiger charge is -2.24. The number of hydrogen-bond acceptors (Lipinski definition) is 2. The maximum Gasteiger partial charge on any atom is 0.224 e. The first kappa shape index (κ1) is 16.3. The average Bonchev–Trinajstić information content (AvgIpc) is 2.40. The molecule has 106 valence electrons. The molecule has 0 spiro atoms. The van der Waals surface area contributed by atoms with Gasteiger partial charge in [-0.1, -0.05) is 29.8 Å². The highest BCUT2D eigenvalue weighted by molar-refractivity contribution is 6.31. The molecule has 2 atom stereocenters. The molecule has 1 fully saturated rings. The maximum absolute atomic E-state index is 12.1. The van der Waals surface area contributed by atoms with Crippen molar-refractivity contribution in [2.45, 2.75) is 25.8 Å². The van der Waals surface area contributed by atoms with Gasteiger partial charge in [-0.3, -0.25) is 4.79 Å². The number of carbonyl (C=O) groups excluding carboxylic acids is 1. The van der Waals surface area contributed by atoms with Gasteiger partial charge in [0.15, 0.2) is 0 Å². The van der Waals surface area contributed by atoms with Crippen molar-refractivity contribution in [3.05, 3.63) is 34.9 Å². The molecule has 3 nitrogen and oxygen atoms in total. The van der Waals surface area contributed by atoms with Gasteiger partial charge in [0.05, 0.1) is 12.0 Å². The Labute approximate surface area is 125 Å². The van der Waals surface area contributed by atoms with Gasteiger partial charge in [-0.05, 0) is 37.9 Å². The number of amides is 1. The largest absolute Gasteiger partial charge is 0.349 e. The summed E-state index contributed by atoms with van der Waals surface area (Å²) in [6.07, 6.45) is 2.03. The quantitative estimate of drug-likeness (QED) is 0.901. The Morgan fingerprint density at radius 2 is 2.21 bits per heavy atom. The first-order valence-corrected chi connectivity index (χ1v) is 6.82. The molecule has 5 heteroatoms. The number of nitrogens with one attached hydrogen (secondary N) is 2. The highest BCUT2D eigenvalue weighted by Crippen LogP contribution is 2.22. The highest BCUT2D eigenvalue weighted by Gasteiger charge is 2.22. The summed E-state index contributed by atoms with van der Waals surface area (Å²) in [7, 11) is 0. The zero-order valence-electron chi connectivity index (χ0n) is 11.0. The molecule has 2 rings (SSSR count). The third kappa shape index (κ3) is 4.37. The van der Waals surface area contributed by atoms with Crippen molar-refractivity contribution in [3.8, 4) is 0 Å². The Morgan fingerprint density at radius 1 is 1.47 bits per heavy atom. The van der Waals surface area contributed by atoms with Gasteiger partial charge in [-0.2, -0.15) is 0 Å². The van der Waals surface area contributed by atoms with Crippen molar-refractivity contribution < 1.29 is 4.79 Å². The topological polar surface area (TPSA) is 41.1 Å². The van der Waals surface area contributed by atoms with Crippen LogP contribution in [0.1, 0.15) is 31.4 Å². The fourth-order valence-corrected chi connectivity index (χ4v) is 2.61. The molecule has 1 aromatic carbocycles. The number of piperidine rings is 1. The summed E-state index contributed by atoms with van der Waals surface area (Å²) in [6, 6.07) is 7.58. The monoisotopic (exact) mass is 302 g/mol. The van der Waals surface area contributed by atoms with E-state index in [1.54, 1.807) is 0 Å². The summed E-state index contributed by atoms with van der Waals surface area (Å²) in [5, 5.41) is 7.00. The van der Waals surface area contributed by atoms with Gasteiger partial charge in [0, 0.05) is 11.6 Å². The van der Waals surface area contributed by atoms with Crippen LogP contribution in [0.4, 0.5) is 0 Å². The molecular formula is C14H20Cl2N2O. The van der Waals surface area contributed by atoms with Crippen LogP contribution in [0.2, 0.25) is 5.02 Å². The van der Waals surface area contributed by atoms with E-state index in [0.29, 0.717) is 5.02 Å². The lowest BCUT2D eigenvalue weighted by atomic mass is 9.98. The van der Waals surface area contributed by atoms with Crippen LogP contribution in [-0.4, -0.2) is 19.0 Å². The van der Waals surface area contributed by atoms with E-state index >= 15 is 0 Å². The van der Waals surface area contributed by atoms with E-state index < -0.39 is 0 Å². The van der Waals surface area contributed by atoms with E-state index in [1.165, 1.54) is 0 Å². The fraction of sp³-hybridized carbons (Fsp3) is 0.500. The van der Waals surface area contributed by atoms with Crippen molar-refractivity contribution >= 4 is 29.9 Å². The Kier molecular flexibility index (Phi) is 6.63. The van der Waals surface area contributed by atoms with E-state index in [0.717, 1.165) is 31.5 Å². The van der Waals surface area contributed by atoms with E-state index in [9.17, 15) is 4.79 Å². The summed E-state index contributed by atoms with van der Waals surface area (Å²) >= 11 is 6.12. The molecule has 1 amide bonds. The highest BCUT2D eigenvalue weighted by atomic mass is 35.5. The molecule has 0 aromatic heterocycles. The molecular weight excluding hydrogens is 283 g/mol. The van der Waals surface area contributed by atoms with Crippen LogP contribution in [-0.2, 0) is 4.79 Å². The van der Waals surface area contributed by atoms with Crippen LogP contribution in [0.3, 0.4) is 0 Å². The molecule has 2 unspecified atom stereocenters. The minimum atomic E-state index is -0.0480. The maximum atomic E-state index is 12.1. The Morgan fingerprint density at radius 3 is 2.84 bits per heavy atom. The van der Waals surface area contributed by atoms with Crippen molar-refractivity contribution in [2.75, 3.05) is 13.1 Å². The molecule has 1 aliphatic rings. The fourth-order valence-electron chi connectivity index (χ4n) is 2.31. The number of carbonyl (C=O) groups is 1. The molecule has 1 heterocycles. The van der Waals surface area contributed by atoms with Crippen LogP contribution in [0.25, 0.3) is 0 Å². The standard InChI is InChI=1S/C14H19ClN2O.ClH/c1-10(12-6-2-3-7-13(12)15)17-14(18)11-5-4-8-16-9-11;/h2-3,6-7,10-11,16H,4-5,8-9H2,1H3,(H,17,18);1H. The number of halogens is 2. The minimum absolute atomic E-state index is 0. The summed E-state index contributed by atoms with van der Waals surface area (Å²) < 4.78 is 0. The molecule has 0 saturated carbocycles. The SMILES string of the molecule is CC(NC(=O)C1CCCNC1)c1ccccc1Cl.Cl. The number of rotatable bonds is 3. The first-order valence-electron chi connectivity index (χ1n) is 6.44. The molecule has 19 heavy (non-hydrogen) atoms. The average molecular weight is 303 g/mol. The third-order valence-electron chi connectivity index (χ3n) is 3.40. The Balaban J connectivity index is 0.00000180. The van der Waals surface area contributed by atoms with Crippen LogP contribution in [0.15, 0.2) is 24.3 Å². The van der Waals surface area contributed by atoms with Crippen LogP contribution >= 0.6 is 24.0 Å². The second kappa shape index (κ2) is 7.73. The van der Waals surface area contributed by atoms with Crippen LogP contribution < -0.4 is 10.6 Å². The van der Waals surface area contributed by atoms with E-state index in [2.05, 4.69) is 10.6 Å². The van der Waals surface area contributed by atoms with E-state index in [-0.39, 0.29) is 30.3 Å². The molecule has 1 aliphatic heterocycles. The molecule has 0 radical (unpaired) electrons. The predicted molar refractivity (Wildman–Crippen MR) is 80.9 cm³/mol. The van der Waals surface area contributed by atoms with Gasteiger partial charge >= 0.3 is 0 Å². The molecule has 0 aliphatic carbocycles. The summed E-state index contributed by atoms with van der Waals surface area (Å²) in [4.78, 5) is 12.1. The second-order valence-electron chi connectivity index (χ2n) is 4.80. The van der Waals surface area contributed by atoms with E-state index in [4.69, 9.17) is 11.6 Å². The van der Waals surface area contributed by atoms with E-state index in [1.807, 2.05) is 31.2 Å². The van der Waals surface area contributed by atoms with Crippen LogP contribution in [0, 0.1) is 5.92 Å². The molecule has 0 bridgehead atoms. The van der Waals surface area contributed by atoms with Crippen molar-refractivity contribution in [2.24, 2.45) is 5.92 Å². The minimum Gasteiger partial charge on any atom is -0.349 e. The summed E-state index contributed by atoms with van der Waals surface area (Å²) in [6.45, 7) is 3.76. The van der Waals surface area contributed by atoms with Gasteiger partial charge < -0.3 is 10.6 Å². The summed E-state index contributed by atoms with van der Waals surface area (Å²) in [5.74, 6) is 0.207. The molecule has 1 saturated heterocycles. The van der Waals surface area contributed by atoms with Crippen molar-refractivity contribution in [1.82, 2.24) is 10.6 Å².